The van der Waals surface area contributed by atoms with Crippen LogP contribution in [-0.2, 0) is 9.53 Å². The Hall–Kier alpha value is -1.23. The molecule has 0 radical (unpaired) electrons. The number of hydrogen-bond donors (Lipinski definition) is 0. The Morgan fingerprint density at radius 2 is 2.62 bits per heavy atom. The third-order valence-electron chi connectivity index (χ3n) is 1.20. The Balaban J connectivity index is 2.66. The van der Waals surface area contributed by atoms with Gasteiger partial charge in [0.05, 0.1) is 11.5 Å². The van der Waals surface area contributed by atoms with Crippen molar-refractivity contribution in [1.29, 1.82) is 0 Å². The summed E-state index contributed by atoms with van der Waals surface area (Å²) in [6.45, 7) is 1.79. The molecule has 0 saturated heterocycles. The maximum absolute atomic E-state index is 12.9. The largest absolute Gasteiger partial charge is 0.461 e. The molecule has 0 saturated carbocycles. The SMILES string of the molecule is CCOC(=O)/C(F)=C/c1ccns1. The fraction of sp³-hybridized carbons (Fsp3) is 0.250. The van der Waals surface area contributed by atoms with Crippen LogP contribution in [-0.4, -0.2) is 16.9 Å². The van der Waals surface area contributed by atoms with Crippen molar-refractivity contribution in [3.05, 3.63) is 23.0 Å². The number of hydrogen-bond acceptors (Lipinski definition) is 4. The molecule has 0 bridgehead atoms. The smallest absolute Gasteiger partial charge is 0.367 e. The monoisotopic (exact) mass is 201 g/mol. The third kappa shape index (κ3) is 2.95. The van der Waals surface area contributed by atoms with Gasteiger partial charge >= 0.3 is 5.97 Å². The number of rotatable bonds is 3. The van der Waals surface area contributed by atoms with Crippen LogP contribution in [0.1, 0.15) is 11.8 Å². The van der Waals surface area contributed by atoms with Crippen molar-refractivity contribution in [2.75, 3.05) is 6.61 Å². The van der Waals surface area contributed by atoms with Gasteiger partial charge in [-0.3, -0.25) is 0 Å². The zero-order valence-electron chi connectivity index (χ0n) is 6.99. The second kappa shape index (κ2) is 4.71. The van der Waals surface area contributed by atoms with Crippen LogP contribution in [0.25, 0.3) is 6.08 Å². The average molecular weight is 201 g/mol. The fourth-order valence-electron chi connectivity index (χ4n) is 0.684. The molecular weight excluding hydrogens is 193 g/mol. The van der Waals surface area contributed by atoms with Crippen LogP contribution in [0.3, 0.4) is 0 Å². The number of aromatic nitrogens is 1. The Bertz CT molecular complexity index is 308. The summed E-state index contributed by atoms with van der Waals surface area (Å²) in [5.74, 6) is -1.83. The van der Waals surface area contributed by atoms with E-state index in [1.54, 1.807) is 13.0 Å². The number of nitrogens with zero attached hydrogens (tertiary/aromatic N) is 1. The van der Waals surface area contributed by atoms with Gasteiger partial charge in [0.25, 0.3) is 0 Å². The summed E-state index contributed by atoms with van der Waals surface area (Å²) in [5.41, 5.74) is 0. The molecule has 1 aromatic heterocycles. The summed E-state index contributed by atoms with van der Waals surface area (Å²) in [7, 11) is 0. The molecule has 0 spiro atoms. The van der Waals surface area contributed by atoms with E-state index in [4.69, 9.17) is 0 Å². The maximum atomic E-state index is 12.9. The van der Waals surface area contributed by atoms with Gasteiger partial charge in [-0.15, -0.1) is 0 Å². The van der Waals surface area contributed by atoms with E-state index in [0.29, 0.717) is 4.88 Å². The van der Waals surface area contributed by atoms with Crippen molar-refractivity contribution in [1.82, 2.24) is 4.37 Å². The Morgan fingerprint density at radius 1 is 1.85 bits per heavy atom. The van der Waals surface area contributed by atoms with E-state index in [9.17, 15) is 9.18 Å². The van der Waals surface area contributed by atoms with Gasteiger partial charge in [0.1, 0.15) is 0 Å². The molecule has 13 heavy (non-hydrogen) atoms. The molecule has 3 nitrogen and oxygen atoms in total. The highest BCUT2D eigenvalue weighted by Crippen LogP contribution is 2.12. The first-order valence-electron chi connectivity index (χ1n) is 3.69. The van der Waals surface area contributed by atoms with E-state index in [0.717, 1.165) is 17.6 Å². The normalized spacial score (nSPS) is 11.4. The van der Waals surface area contributed by atoms with Gasteiger partial charge in [-0.2, -0.15) is 4.39 Å². The minimum atomic E-state index is -0.934. The van der Waals surface area contributed by atoms with Gasteiger partial charge < -0.3 is 4.74 Å². The molecule has 1 rings (SSSR count). The van der Waals surface area contributed by atoms with Crippen LogP contribution < -0.4 is 0 Å². The van der Waals surface area contributed by atoms with Gasteiger partial charge in [-0.05, 0) is 24.5 Å². The number of esters is 1. The van der Waals surface area contributed by atoms with Crippen molar-refractivity contribution < 1.29 is 13.9 Å². The number of ether oxygens (including phenoxy) is 1. The molecule has 70 valence electrons. The van der Waals surface area contributed by atoms with Crippen LogP contribution >= 0.6 is 11.5 Å². The molecular formula is C8H8FNO2S. The van der Waals surface area contributed by atoms with Crippen molar-refractivity contribution in [3.63, 3.8) is 0 Å². The van der Waals surface area contributed by atoms with Gasteiger partial charge in [-0.1, -0.05) is 0 Å². The second-order valence-electron chi connectivity index (χ2n) is 2.13. The second-order valence-corrected chi connectivity index (χ2v) is 2.99. The molecule has 0 fully saturated rings. The van der Waals surface area contributed by atoms with Crippen molar-refractivity contribution in [2.24, 2.45) is 0 Å². The predicted molar refractivity (Wildman–Crippen MR) is 47.8 cm³/mol. The molecule has 0 atom stereocenters. The highest BCUT2D eigenvalue weighted by molar-refractivity contribution is 7.06. The van der Waals surface area contributed by atoms with Crippen molar-refractivity contribution in [2.45, 2.75) is 6.92 Å². The van der Waals surface area contributed by atoms with Gasteiger partial charge in [0, 0.05) is 12.3 Å². The Morgan fingerprint density at radius 3 is 3.15 bits per heavy atom. The lowest BCUT2D eigenvalue weighted by molar-refractivity contribution is -0.140. The van der Waals surface area contributed by atoms with E-state index in [1.165, 1.54) is 6.20 Å². The van der Waals surface area contributed by atoms with Gasteiger partial charge in [0.2, 0.25) is 5.83 Å². The zero-order valence-corrected chi connectivity index (χ0v) is 7.81. The molecule has 0 amide bonds. The van der Waals surface area contributed by atoms with E-state index in [1.807, 2.05) is 0 Å². The first-order valence-corrected chi connectivity index (χ1v) is 4.46. The van der Waals surface area contributed by atoms with Crippen molar-refractivity contribution >= 4 is 23.6 Å². The lowest BCUT2D eigenvalue weighted by atomic mass is 10.4. The summed E-state index contributed by atoms with van der Waals surface area (Å²) in [6.07, 6.45) is 2.64. The topological polar surface area (TPSA) is 39.2 Å². The number of carbonyl (C=O) groups is 1. The minimum absolute atomic E-state index is 0.169. The van der Waals surface area contributed by atoms with Crippen LogP contribution in [0.15, 0.2) is 18.1 Å². The average Bonchev–Trinajstić information content (AvgIpc) is 2.57. The Kier molecular flexibility index (Phi) is 3.57. The third-order valence-corrected chi connectivity index (χ3v) is 1.89. The molecule has 1 heterocycles. The Labute approximate surface area is 79.0 Å². The van der Waals surface area contributed by atoms with E-state index < -0.39 is 11.8 Å². The first-order chi connectivity index (χ1) is 6.24. The standard InChI is InChI=1S/C8H8FNO2S/c1-2-12-8(11)7(9)5-6-3-4-10-13-6/h3-5H,2H2,1H3/b7-5-. The predicted octanol–water partition coefficient (Wildman–Crippen LogP) is 2.02. The zero-order chi connectivity index (χ0) is 9.68. The highest BCUT2D eigenvalue weighted by Gasteiger charge is 2.09. The maximum Gasteiger partial charge on any atom is 0.367 e. The number of halogens is 1. The first kappa shape index (κ1) is 9.85. The summed E-state index contributed by atoms with van der Waals surface area (Å²) in [4.78, 5) is 11.4. The molecule has 0 aliphatic carbocycles. The summed E-state index contributed by atoms with van der Waals surface area (Å²) in [5, 5.41) is 0. The van der Waals surface area contributed by atoms with E-state index in [-0.39, 0.29) is 6.61 Å². The van der Waals surface area contributed by atoms with Gasteiger partial charge in [0.15, 0.2) is 0 Å². The fourth-order valence-corrected chi connectivity index (χ4v) is 1.21. The van der Waals surface area contributed by atoms with E-state index in [2.05, 4.69) is 9.11 Å². The summed E-state index contributed by atoms with van der Waals surface area (Å²) < 4.78 is 21.1. The molecule has 0 N–H and O–H groups in total. The van der Waals surface area contributed by atoms with Gasteiger partial charge in [-0.25, -0.2) is 9.17 Å². The molecule has 0 aliphatic heterocycles. The molecule has 0 aromatic carbocycles. The molecule has 0 unspecified atom stereocenters. The molecule has 1 aromatic rings. The lowest BCUT2D eigenvalue weighted by Gasteiger charge is -1.96. The summed E-state index contributed by atoms with van der Waals surface area (Å²) >= 11 is 1.11. The lowest BCUT2D eigenvalue weighted by Crippen LogP contribution is -2.03. The van der Waals surface area contributed by atoms with E-state index >= 15 is 0 Å². The van der Waals surface area contributed by atoms with Crippen LogP contribution in [0.4, 0.5) is 4.39 Å². The molecule has 0 aliphatic rings. The highest BCUT2D eigenvalue weighted by atomic mass is 32.1. The summed E-state index contributed by atoms with van der Waals surface area (Å²) in [6, 6.07) is 1.61. The molecule has 5 heteroatoms. The minimum Gasteiger partial charge on any atom is -0.461 e. The van der Waals surface area contributed by atoms with Crippen LogP contribution in [0.2, 0.25) is 0 Å². The van der Waals surface area contributed by atoms with Crippen LogP contribution in [0, 0.1) is 0 Å². The quantitative estimate of drug-likeness (QED) is 0.554. The van der Waals surface area contributed by atoms with Crippen molar-refractivity contribution in [3.8, 4) is 0 Å². The van der Waals surface area contributed by atoms with Crippen LogP contribution in [0.5, 0.6) is 0 Å². The number of carbonyl (C=O) groups excluding carboxylic acids is 1.